The van der Waals surface area contributed by atoms with Gasteiger partial charge in [0.05, 0.1) is 32.7 Å². The number of morpholine rings is 1. The SMILES string of the molecule is COc1ccc(CC(=O)N2CCO[C@@H](CC(=O)O)C2)cc1F. The highest BCUT2D eigenvalue weighted by Gasteiger charge is 2.26. The Kier molecular flexibility index (Phi) is 5.32. The van der Waals surface area contributed by atoms with Crippen LogP contribution in [0.3, 0.4) is 0 Å². The summed E-state index contributed by atoms with van der Waals surface area (Å²) in [5, 5.41) is 8.77. The molecular weight excluding hydrogens is 293 g/mol. The third kappa shape index (κ3) is 4.17. The number of carboxylic acid groups (broad SMARTS) is 1. The predicted octanol–water partition coefficient (Wildman–Crippen LogP) is 1.08. The lowest BCUT2D eigenvalue weighted by atomic mass is 10.1. The van der Waals surface area contributed by atoms with Gasteiger partial charge in [0.2, 0.25) is 5.91 Å². The number of carbonyl (C=O) groups is 2. The molecule has 1 heterocycles. The van der Waals surface area contributed by atoms with Crippen molar-refractivity contribution < 1.29 is 28.6 Å². The molecule has 0 unspecified atom stereocenters. The Labute approximate surface area is 127 Å². The third-order valence-corrected chi connectivity index (χ3v) is 3.47. The fraction of sp³-hybridized carbons (Fsp3) is 0.467. The molecule has 1 atom stereocenters. The summed E-state index contributed by atoms with van der Waals surface area (Å²) < 4.78 is 23.8. The molecule has 1 aromatic rings. The molecule has 120 valence electrons. The van der Waals surface area contributed by atoms with Gasteiger partial charge < -0.3 is 19.5 Å². The van der Waals surface area contributed by atoms with E-state index in [-0.39, 0.29) is 31.0 Å². The molecular formula is C15H18FNO5. The molecule has 7 heteroatoms. The molecule has 0 spiro atoms. The zero-order chi connectivity index (χ0) is 16.1. The normalized spacial score (nSPS) is 18.1. The Bertz CT molecular complexity index is 563. The Morgan fingerprint density at radius 2 is 2.27 bits per heavy atom. The summed E-state index contributed by atoms with van der Waals surface area (Å²) in [6, 6.07) is 4.38. The lowest BCUT2D eigenvalue weighted by molar-refractivity contribution is -0.147. The van der Waals surface area contributed by atoms with Gasteiger partial charge in [-0.1, -0.05) is 6.07 Å². The van der Waals surface area contributed by atoms with Gasteiger partial charge in [-0.25, -0.2) is 4.39 Å². The van der Waals surface area contributed by atoms with Gasteiger partial charge in [-0.15, -0.1) is 0 Å². The second-order valence-corrected chi connectivity index (χ2v) is 5.08. The minimum absolute atomic E-state index is 0.0563. The van der Waals surface area contributed by atoms with Gasteiger partial charge in [0.15, 0.2) is 11.6 Å². The predicted molar refractivity (Wildman–Crippen MR) is 75.2 cm³/mol. The van der Waals surface area contributed by atoms with Crippen LogP contribution in [-0.2, 0) is 20.7 Å². The van der Waals surface area contributed by atoms with E-state index in [9.17, 15) is 14.0 Å². The number of aliphatic carboxylic acids is 1. The molecule has 1 N–H and O–H groups in total. The van der Waals surface area contributed by atoms with Gasteiger partial charge in [0, 0.05) is 13.1 Å². The number of amides is 1. The maximum absolute atomic E-state index is 13.6. The number of ether oxygens (including phenoxy) is 2. The zero-order valence-electron chi connectivity index (χ0n) is 12.3. The molecule has 6 nitrogen and oxygen atoms in total. The smallest absolute Gasteiger partial charge is 0.306 e. The van der Waals surface area contributed by atoms with E-state index in [1.165, 1.54) is 19.2 Å². The van der Waals surface area contributed by atoms with Crippen molar-refractivity contribution in [3.63, 3.8) is 0 Å². The summed E-state index contributed by atoms with van der Waals surface area (Å²) in [5.41, 5.74) is 0.546. The fourth-order valence-corrected chi connectivity index (χ4v) is 2.37. The number of halogens is 1. The highest BCUT2D eigenvalue weighted by molar-refractivity contribution is 5.79. The second kappa shape index (κ2) is 7.22. The minimum Gasteiger partial charge on any atom is -0.494 e. The van der Waals surface area contributed by atoms with Crippen molar-refractivity contribution in [3.8, 4) is 5.75 Å². The van der Waals surface area contributed by atoms with Crippen LogP contribution in [-0.4, -0.2) is 54.8 Å². The van der Waals surface area contributed by atoms with Gasteiger partial charge >= 0.3 is 5.97 Å². The van der Waals surface area contributed by atoms with E-state index in [4.69, 9.17) is 14.6 Å². The maximum atomic E-state index is 13.6. The first-order valence-electron chi connectivity index (χ1n) is 6.93. The zero-order valence-corrected chi connectivity index (χ0v) is 12.3. The average Bonchev–Trinajstić information content (AvgIpc) is 2.47. The van der Waals surface area contributed by atoms with Gasteiger partial charge in [0.1, 0.15) is 0 Å². The van der Waals surface area contributed by atoms with Crippen LogP contribution in [0.4, 0.5) is 4.39 Å². The average molecular weight is 311 g/mol. The summed E-state index contributed by atoms with van der Waals surface area (Å²) in [6.45, 7) is 0.956. The van der Waals surface area contributed by atoms with Crippen LogP contribution in [0.25, 0.3) is 0 Å². The van der Waals surface area contributed by atoms with E-state index in [1.807, 2.05) is 0 Å². The fourth-order valence-electron chi connectivity index (χ4n) is 2.37. The first kappa shape index (κ1) is 16.2. The molecule has 1 fully saturated rings. The van der Waals surface area contributed by atoms with Crippen LogP contribution in [0, 0.1) is 5.82 Å². The lowest BCUT2D eigenvalue weighted by Crippen LogP contribution is -2.46. The van der Waals surface area contributed by atoms with E-state index in [2.05, 4.69) is 0 Å². The number of methoxy groups -OCH3 is 1. The summed E-state index contributed by atoms with van der Waals surface area (Å²) in [5.74, 6) is -1.53. The molecule has 0 aromatic heterocycles. The molecule has 22 heavy (non-hydrogen) atoms. The standard InChI is InChI=1S/C15H18FNO5/c1-21-13-3-2-10(6-12(13)16)7-14(18)17-4-5-22-11(9-17)8-15(19)20/h2-3,6,11H,4-5,7-9H2,1H3,(H,19,20)/t11-/m0/s1. The molecule has 0 radical (unpaired) electrons. The van der Waals surface area contributed by atoms with Crippen molar-refractivity contribution >= 4 is 11.9 Å². The number of benzene rings is 1. The van der Waals surface area contributed by atoms with E-state index in [0.29, 0.717) is 18.7 Å². The Morgan fingerprint density at radius 3 is 2.91 bits per heavy atom. The minimum atomic E-state index is -0.962. The lowest BCUT2D eigenvalue weighted by Gasteiger charge is -2.32. The summed E-state index contributed by atoms with van der Waals surface area (Å²) in [7, 11) is 1.37. The highest BCUT2D eigenvalue weighted by atomic mass is 19.1. The van der Waals surface area contributed by atoms with E-state index in [0.717, 1.165) is 0 Å². The number of rotatable bonds is 5. The number of hydrogen-bond donors (Lipinski definition) is 1. The number of carboxylic acids is 1. The van der Waals surface area contributed by atoms with Crippen LogP contribution < -0.4 is 4.74 Å². The van der Waals surface area contributed by atoms with Crippen LogP contribution >= 0.6 is 0 Å². The maximum Gasteiger partial charge on any atom is 0.306 e. The topological polar surface area (TPSA) is 76.1 Å². The second-order valence-electron chi connectivity index (χ2n) is 5.08. The monoisotopic (exact) mass is 311 g/mol. The van der Waals surface area contributed by atoms with E-state index >= 15 is 0 Å². The van der Waals surface area contributed by atoms with Gasteiger partial charge in [-0.05, 0) is 17.7 Å². The number of hydrogen-bond acceptors (Lipinski definition) is 4. The van der Waals surface area contributed by atoms with Gasteiger partial charge in [-0.3, -0.25) is 9.59 Å². The molecule has 1 aromatic carbocycles. The van der Waals surface area contributed by atoms with Crippen molar-refractivity contribution in [3.05, 3.63) is 29.6 Å². The molecule has 1 aliphatic rings. The summed E-state index contributed by atoms with van der Waals surface area (Å²) >= 11 is 0. The van der Waals surface area contributed by atoms with Crippen molar-refractivity contribution in [2.75, 3.05) is 26.8 Å². The Morgan fingerprint density at radius 1 is 1.50 bits per heavy atom. The molecule has 2 rings (SSSR count). The summed E-state index contributed by atoms with van der Waals surface area (Å²) in [6.07, 6.45) is -0.579. The first-order chi connectivity index (χ1) is 10.5. The van der Waals surface area contributed by atoms with Crippen LogP contribution in [0.15, 0.2) is 18.2 Å². The third-order valence-electron chi connectivity index (χ3n) is 3.47. The van der Waals surface area contributed by atoms with Crippen LogP contribution in [0.5, 0.6) is 5.75 Å². The van der Waals surface area contributed by atoms with Gasteiger partial charge in [0.25, 0.3) is 0 Å². The van der Waals surface area contributed by atoms with Crippen molar-refractivity contribution in [1.82, 2.24) is 4.90 Å². The first-order valence-corrected chi connectivity index (χ1v) is 6.93. The summed E-state index contributed by atoms with van der Waals surface area (Å²) in [4.78, 5) is 24.5. The molecule has 1 amide bonds. The van der Waals surface area contributed by atoms with Crippen molar-refractivity contribution in [2.24, 2.45) is 0 Å². The largest absolute Gasteiger partial charge is 0.494 e. The molecule has 0 bridgehead atoms. The van der Waals surface area contributed by atoms with Crippen LogP contribution in [0.2, 0.25) is 0 Å². The Hall–Kier alpha value is -2.15. The number of carbonyl (C=O) groups excluding carboxylic acids is 1. The van der Waals surface area contributed by atoms with E-state index < -0.39 is 17.9 Å². The highest BCUT2D eigenvalue weighted by Crippen LogP contribution is 2.19. The number of nitrogens with zero attached hydrogens (tertiary/aromatic N) is 1. The Balaban J connectivity index is 1.96. The molecule has 1 aliphatic heterocycles. The van der Waals surface area contributed by atoms with Crippen LogP contribution in [0.1, 0.15) is 12.0 Å². The molecule has 0 aliphatic carbocycles. The van der Waals surface area contributed by atoms with E-state index in [1.54, 1.807) is 11.0 Å². The van der Waals surface area contributed by atoms with Gasteiger partial charge in [-0.2, -0.15) is 0 Å². The molecule has 0 saturated carbocycles. The molecule has 1 saturated heterocycles. The van der Waals surface area contributed by atoms with Crippen molar-refractivity contribution in [1.29, 1.82) is 0 Å². The van der Waals surface area contributed by atoms with Crippen molar-refractivity contribution in [2.45, 2.75) is 18.9 Å². The quantitative estimate of drug-likeness (QED) is 0.880.